The fourth-order valence-corrected chi connectivity index (χ4v) is 0.822. The lowest BCUT2D eigenvalue weighted by Gasteiger charge is -2.18. The largest absolute Gasteiger partial charge is 0.446 e. The second-order valence-electron chi connectivity index (χ2n) is 3.78. The summed E-state index contributed by atoms with van der Waals surface area (Å²) in [5.74, 6) is 0.595. The predicted octanol–water partition coefficient (Wildman–Crippen LogP) is 1.48. The minimum atomic E-state index is -0.209. The van der Waals surface area contributed by atoms with Crippen LogP contribution in [0.1, 0.15) is 32.2 Å². The summed E-state index contributed by atoms with van der Waals surface area (Å²) >= 11 is 0. The SMILES string of the molecule is CC(C)(C)OCc1ocnc1CO. The number of hydrogen-bond acceptors (Lipinski definition) is 4. The van der Waals surface area contributed by atoms with E-state index in [1.165, 1.54) is 6.39 Å². The zero-order chi connectivity index (χ0) is 9.90. The van der Waals surface area contributed by atoms with E-state index in [4.69, 9.17) is 14.3 Å². The molecule has 74 valence electrons. The third-order valence-electron chi connectivity index (χ3n) is 1.51. The van der Waals surface area contributed by atoms with Crippen LogP contribution in [0.5, 0.6) is 0 Å². The Balaban J connectivity index is 2.54. The van der Waals surface area contributed by atoms with Crippen LogP contribution in [0.15, 0.2) is 10.8 Å². The van der Waals surface area contributed by atoms with Crippen LogP contribution < -0.4 is 0 Å². The van der Waals surface area contributed by atoms with Crippen molar-refractivity contribution in [2.24, 2.45) is 0 Å². The van der Waals surface area contributed by atoms with E-state index < -0.39 is 0 Å². The molecule has 0 aliphatic rings. The number of ether oxygens (including phenoxy) is 1. The number of aromatic nitrogens is 1. The van der Waals surface area contributed by atoms with Gasteiger partial charge in [-0.1, -0.05) is 0 Å². The molecule has 0 unspecified atom stereocenters. The molecule has 1 heterocycles. The van der Waals surface area contributed by atoms with Crippen LogP contribution in [-0.4, -0.2) is 15.7 Å². The Hall–Kier alpha value is -0.870. The van der Waals surface area contributed by atoms with Gasteiger partial charge in [-0.3, -0.25) is 0 Å². The lowest BCUT2D eigenvalue weighted by Crippen LogP contribution is -2.18. The van der Waals surface area contributed by atoms with Crippen LogP contribution in [0.4, 0.5) is 0 Å². The summed E-state index contributed by atoms with van der Waals surface area (Å²) in [6.07, 6.45) is 1.31. The lowest BCUT2D eigenvalue weighted by atomic mass is 10.2. The monoisotopic (exact) mass is 185 g/mol. The Morgan fingerprint density at radius 1 is 1.54 bits per heavy atom. The molecule has 0 fully saturated rings. The quantitative estimate of drug-likeness (QED) is 0.775. The number of oxazole rings is 1. The number of aliphatic hydroxyl groups is 1. The summed E-state index contributed by atoms with van der Waals surface area (Å²) in [4.78, 5) is 3.84. The number of aliphatic hydroxyl groups excluding tert-OH is 1. The van der Waals surface area contributed by atoms with Gasteiger partial charge in [0.1, 0.15) is 12.3 Å². The van der Waals surface area contributed by atoms with Gasteiger partial charge in [0.15, 0.2) is 12.2 Å². The summed E-state index contributed by atoms with van der Waals surface area (Å²) in [7, 11) is 0. The van der Waals surface area contributed by atoms with Crippen molar-refractivity contribution in [1.29, 1.82) is 0 Å². The average molecular weight is 185 g/mol. The fourth-order valence-electron chi connectivity index (χ4n) is 0.822. The van der Waals surface area contributed by atoms with Crippen LogP contribution in [0.2, 0.25) is 0 Å². The third-order valence-corrected chi connectivity index (χ3v) is 1.51. The highest BCUT2D eigenvalue weighted by atomic mass is 16.5. The second-order valence-corrected chi connectivity index (χ2v) is 3.78. The summed E-state index contributed by atoms with van der Waals surface area (Å²) in [5.41, 5.74) is 0.337. The van der Waals surface area contributed by atoms with E-state index in [2.05, 4.69) is 4.98 Å². The van der Waals surface area contributed by atoms with Crippen LogP contribution in [0.3, 0.4) is 0 Å². The third kappa shape index (κ3) is 3.16. The maximum Gasteiger partial charge on any atom is 0.181 e. The molecule has 0 spiro atoms. The van der Waals surface area contributed by atoms with Gasteiger partial charge in [-0.15, -0.1) is 0 Å². The minimum Gasteiger partial charge on any atom is -0.446 e. The van der Waals surface area contributed by atoms with Gasteiger partial charge < -0.3 is 14.3 Å². The summed E-state index contributed by atoms with van der Waals surface area (Å²) in [6.45, 7) is 6.12. The molecule has 0 aliphatic carbocycles. The van der Waals surface area contributed by atoms with E-state index in [9.17, 15) is 0 Å². The molecule has 0 saturated carbocycles. The lowest BCUT2D eigenvalue weighted by molar-refractivity contribution is -0.0231. The van der Waals surface area contributed by atoms with Gasteiger partial charge in [-0.25, -0.2) is 4.98 Å². The molecule has 4 heteroatoms. The van der Waals surface area contributed by atoms with Crippen LogP contribution in [0.25, 0.3) is 0 Å². The molecule has 0 radical (unpaired) electrons. The molecule has 0 saturated heterocycles. The standard InChI is InChI=1S/C9H15NO3/c1-9(2,3)13-5-8-7(4-11)10-6-12-8/h6,11H,4-5H2,1-3H3. The zero-order valence-electron chi connectivity index (χ0n) is 8.20. The number of nitrogens with zero attached hydrogens (tertiary/aromatic N) is 1. The van der Waals surface area contributed by atoms with E-state index in [1.807, 2.05) is 20.8 Å². The van der Waals surface area contributed by atoms with Crippen molar-refractivity contribution >= 4 is 0 Å². The fraction of sp³-hybridized carbons (Fsp3) is 0.667. The Morgan fingerprint density at radius 3 is 2.77 bits per heavy atom. The normalized spacial score (nSPS) is 12.0. The summed E-state index contributed by atoms with van der Waals surface area (Å²) < 4.78 is 10.5. The zero-order valence-corrected chi connectivity index (χ0v) is 8.20. The molecule has 1 N–H and O–H groups in total. The van der Waals surface area contributed by atoms with Crippen LogP contribution >= 0.6 is 0 Å². The van der Waals surface area contributed by atoms with E-state index in [-0.39, 0.29) is 12.2 Å². The number of rotatable bonds is 3. The average Bonchev–Trinajstić information content (AvgIpc) is 2.46. The van der Waals surface area contributed by atoms with Crippen molar-refractivity contribution in [2.45, 2.75) is 39.6 Å². The van der Waals surface area contributed by atoms with Gasteiger partial charge in [0.25, 0.3) is 0 Å². The van der Waals surface area contributed by atoms with Gasteiger partial charge in [-0.2, -0.15) is 0 Å². The Bertz CT molecular complexity index is 262. The highest BCUT2D eigenvalue weighted by Gasteiger charge is 2.13. The van der Waals surface area contributed by atoms with Gasteiger partial charge in [0.2, 0.25) is 0 Å². The van der Waals surface area contributed by atoms with Crippen molar-refractivity contribution in [3.8, 4) is 0 Å². The molecule has 0 aromatic carbocycles. The molecule has 1 aromatic rings. The topological polar surface area (TPSA) is 55.5 Å². The van der Waals surface area contributed by atoms with E-state index in [0.717, 1.165) is 0 Å². The first-order valence-electron chi connectivity index (χ1n) is 4.19. The van der Waals surface area contributed by atoms with Crippen molar-refractivity contribution in [2.75, 3.05) is 0 Å². The maximum atomic E-state index is 8.86. The van der Waals surface area contributed by atoms with E-state index in [0.29, 0.717) is 18.1 Å². The molecule has 1 rings (SSSR count). The second kappa shape index (κ2) is 3.89. The predicted molar refractivity (Wildman–Crippen MR) is 47.0 cm³/mol. The molecule has 0 bridgehead atoms. The molecule has 4 nitrogen and oxygen atoms in total. The number of hydrogen-bond donors (Lipinski definition) is 1. The van der Waals surface area contributed by atoms with Gasteiger partial charge in [-0.05, 0) is 20.8 Å². The first-order chi connectivity index (χ1) is 6.03. The maximum absolute atomic E-state index is 8.86. The highest BCUT2D eigenvalue weighted by Crippen LogP contribution is 2.14. The Labute approximate surface area is 77.5 Å². The summed E-state index contributed by atoms with van der Waals surface area (Å²) in [5, 5.41) is 8.86. The minimum absolute atomic E-state index is 0.112. The van der Waals surface area contributed by atoms with Crippen molar-refractivity contribution < 1.29 is 14.3 Å². The van der Waals surface area contributed by atoms with Crippen LogP contribution in [0, 0.1) is 0 Å². The Kier molecular flexibility index (Phi) is 3.06. The van der Waals surface area contributed by atoms with Gasteiger partial charge in [0, 0.05) is 0 Å². The van der Waals surface area contributed by atoms with Crippen LogP contribution in [-0.2, 0) is 18.0 Å². The molecular formula is C9H15NO3. The highest BCUT2D eigenvalue weighted by molar-refractivity contribution is 5.04. The molecule has 13 heavy (non-hydrogen) atoms. The van der Waals surface area contributed by atoms with Crippen molar-refractivity contribution in [3.05, 3.63) is 17.8 Å². The van der Waals surface area contributed by atoms with Crippen molar-refractivity contribution in [3.63, 3.8) is 0 Å². The van der Waals surface area contributed by atoms with Gasteiger partial charge >= 0.3 is 0 Å². The molecule has 0 amide bonds. The molecule has 0 aliphatic heterocycles. The van der Waals surface area contributed by atoms with E-state index in [1.54, 1.807) is 0 Å². The first-order valence-corrected chi connectivity index (χ1v) is 4.19. The molecule has 0 atom stereocenters. The summed E-state index contributed by atoms with van der Waals surface area (Å²) in [6, 6.07) is 0. The first kappa shape index (κ1) is 10.2. The van der Waals surface area contributed by atoms with Gasteiger partial charge in [0.05, 0.1) is 12.2 Å². The van der Waals surface area contributed by atoms with E-state index >= 15 is 0 Å². The molecule has 1 aromatic heterocycles. The molecular weight excluding hydrogens is 170 g/mol. The smallest absolute Gasteiger partial charge is 0.181 e. The van der Waals surface area contributed by atoms with Crippen molar-refractivity contribution in [1.82, 2.24) is 4.98 Å². The Morgan fingerprint density at radius 2 is 2.23 bits per heavy atom.